The number of fused-ring (bicyclic) bond motifs is 4. The Morgan fingerprint density at radius 2 is 1.66 bits per heavy atom. The van der Waals surface area contributed by atoms with Crippen LogP contribution in [0, 0.1) is 31.6 Å². The van der Waals surface area contributed by atoms with Crippen LogP contribution >= 0.6 is 0 Å². The molecule has 0 amide bonds. The van der Waals surface area contributed by atoms with E-state index in [2.05, 4.69) is 28.5 Å². The molecule has 202 valence electrons. The highest BCUT2D eigenvalue weighted by Gasteiger charge is 2.43. The quantitative estimate of drug-likeness (QED) is 0.494. The number of aromatic nitrogens is 2. The Morgan fingerprint density at radius 3 is 2.32 bits per heavy atom. The molecule has 2 aliphatic heterocycles. The lowest BCUT2D eigenvalue weighted by atomic mass is 9.75. The van der Waals surface area contributed by atoms with Crippen LogP contribution in [0.1, 0.15) is 42.9 Å². The maximum Gasteiger partial charge on any atom is 0.264 e. The summed E-state index contributed by atoms with van der Waals surface area (Å²) in [6.07, 6.45) is 0.790. The van der Waals surface area contributed by atoms with Gasteiger partial charge in [-0.05, 0) is 66.8 Å². The summed E-state index contributed by atoms with van der Waals surface area (Å²) in [4.78, 5) is 9.06. The van der Waals surface area contributed by atoms with E-state index in [1.54, 1.807) is 18.2 Å². The van der Waals surface area contributed by atoms with E-state index in [4.69, 9.17) is 4.74 Å². The zero-order chi connectivity index (χ0) is 27.2. The first kappa shape index (κ1) is 26.6. The number of nitrogens with zero attached hydrogens (tertiary/aromatic N) is 2. The highest BCUT2D eigenvalue weighted by atomic mass is 32.2. The maximum absolute atomic E-state index is 13.5. The molecule has 1 unspecified atom stereocenters. The molecule has 3 aromatic rings. The van der Waals surface area contributed by atoms with Gasteiger partial charge in [0.05, 0.1) is 28.7 Å². The molecule has 0 saturated carbocycles. The number of hydrogen-bond acceptors (Lipinski definition) is 7. The van der Waals surface area contributed by atoms with Crippen molar-refractivity contribution >= 4 is 25.8 Å². The van der Waals surface area contributed by atoms with Gasteiger partial charge in [0, 0.05) is 17.5 Å². The minimum absolute atomic E-state index is 0.0390. The van der Waals surface area contributed by atoms with Gasteiger partial charge in [0.25, 0.3) is 10.0 Å². The summed E-state index contributed by atoms with van der Waals surface area (Å²) >= 11 is 0. The van der Waals surface area contributed by atoms with Crippen LogP contribution in [0.3, 0.4) is 0 Å². The van der Waals surface area contributed by atoms with Crippen molar-refractivity contribution in [1.82, 2.24) is 9.97 Å². The van der Waals surface area contributed by atoms with Gasteiger partial charge in [-0.3, -0.25) is 0 Å². The Balaban J connectivity index is 1.66. The summed E-state index contributed by atoms with van der Waals surface area (Å²) in [6, 6.07) is 14.5. The molecule has 1 aromatic heterocycles. The first-order valence-electron chi connectivity index (χ1n) is 12.8. The molecule has 3 heterocycles. The Labute approximate surface area is 224 Å². The molecular weight excluding hydrogens is 522 g/mol. The average Bonchev–Trinajstić information content (AvgIpc) is 2.80. The lowest BCUT2D eigenvalue weighted by Gasteiger charge is -2.39. The fourth-order valence-corrected chi connectivity index (χ4v) is 8.44. The third-order valence-corrected chi connectivity index (χ3v) is 10.6. The Kier molecular flexibility index (Phi) is 6.98. The van der Waals surface area contributed by atoms with E-state index in [1.807, 2.05) is 38.1 Å². The first-order chi connectivity index (χ1) is 17.9. The lowest BCUT2D eigenvalue weighted by Crippen LogP contribution is -2.43. The van der Waals surface area contributed by atoms with Crippen molar-refractivity contribution in [1.29, 1.82) is 0 Å². The number of sulfonamides is 1. The summed E-state index contributed by atoms with van der Waals surface area (Å²) in [5.74, 6) is 0.410. The van der Waals surface area contributed by atoms with Crippen LogP contribution in [0.15, 0.2) is 53.4 Å². The molecule has 38 heavy (non-hydrogen) atoms. The van der Waals surface area contributed by atoms with Gasteiger partial charge in [0.1, 0.15) is 0 Å². The van der Waals surface area contributed by atoms with Gasteiger partial charge in [-0.2, -0.15) is 4.98 Å². The topological polar surface area (TPSA) is 115 Å². The standard InChI is InChI=1S/C28H33N3O5S2/c1-17(2)11-21-14-36-25-13-24(26-18(3)7-5-8-19(26)4)29-28(30-25)31-38(34,35)23-10-6-9-20(12-23)27(21)22-15-37(32,33)16-22/h5-10,12-13,17,21-22,27H,11,14-16H2,1-4H3,(H,29,30,31)/t21-,27?/m1/s1. The molecule has 0 spiro atoms. The number of nitrogens with one attached hydrogen (secondary N) is 1. The van der Waals surface area contributed by atoms with Gasteiger partial charge in [-0.25, -0.2) is 26.5 Å². The van der Waals surface area contributed by atoms with Crippen LogP contribution < -0.4 is 9.46 Å². The number of sulfone groups is 1. The normalized spacial score (nSPS) is 22.3. The second-order valence-corrected chi connectivity index (χ2v) is 14.8. The van der Waals surface area contributed by atoms with Crippen molar-refractivity contribution in [2.45, 2.75) is 44.9 Å². The largest absolute Gasteiger partial charge is 0.477 e. The van der Waals surface area contributed by atoms with Gasteiger partial charge in [0.15, 0.2) is 9.84 Å². The van der Waals surface area contributed by atoms with Crippen LogP contribution in [-0.2, 0) is 19.9 Å². The summed E-state index contributed by atoms with van der Waals surface area (Å²) in [5.41, 5.74) is 4.27. The molecular formula is C28H33N3O5S2. The van der Waals surface area contributed by atoms with Crippen molar-refractivity contribution in [3.05, 3.63) is 65.2 Å². The zero-order valence-electron chi connectivity index (χ0n) is 22.0. The minimum Gasteiger partial charge on any atom is -0.477 e. The summed E-state index contributed by atoms with van der Waals surface area (Å²) < 4.78 is 60.1. The van der Waals surface area contributed by atoms with Crippen molar-refractivity contribution in [2.75, 3.05) is 22.8 Å². The van der Waals surface area contributed by atoms with Gasteiger partial charge in [0.2, 0.25) is 11.8 Å². The predicted octanol–water partition coefficient (Wildman–Crippen LogP) is 4.74. The maximum atomic E-state index is 13.5. The number of aryl methyl sites for hydroxylation is 2. The van der Waals surface area contributed by atoms with Crippen molar-refractivity contribution in [3.63, 3.8) is 0 Å². The predicted molar refractivity (Wildman–Crippen MR) is 148 cm³/mol. The van der Waals surface area contributed by atoms with Crippen molar-refractivity contribution < 1.29 is 21.6 Å². The highest BCUT2D eigenvalue weighted by molar-refractivity contribution is 7.93. The van der Waals surface area contributed by atoms with E-state index in [0.29, 0.717) is 18.2 Å². The number of anilines is 1. The minimum atomic E-state index is -4.02. The molecule has 0 aliphatic carbocycles. The third kappa shape index (κ3) is 5.42. The van der Waals surface area contributed by atoms with E-state index in [9.17, 15) is 16.8 Å². The molecule has 1 fully saturated rings. The fourth-order valence-electron chi connectivity index (χ4n) is 5.82. The van der Waals surface area contributed by atoms with Crippen LogP contribution in [0.4, 0.5) is 5.95 Å². The first-order valence-corrected chi connectivity index (χ1v) is 16.1. The summed E-state index contributed by atoms with van der Waals surface area (Å²) in [7, 11) is -7.09. The van der Waals surface area contributed by atoms with Crippen molar-refractivity contribution in [2.24, 2.45) is 17.8 Å². The summed E-state index contributed by atoms with van der Waals surface area (Å²) in [6.45, 7) is 8.52. The van der Waals surface area contributed by atoms with Crippen LogP contribution in [0.2, 0.25) is 0 Å². The van der Waals surface area contributed by atoms with Crippen molar-refractivity contribution in [3.8, 4) is 17.1 Å². The Morgan fingerprint density at radius 1 is 0.974 bits per heavy atom. The average molecular weight is 556 g/mol. The Bertz CT molecular complexity index is 1550. The van der Waals surface area contributed by atoms with Gasteiger partial charge < -0.3 is 4.74 Å². The number of benzene rings is 2. The number of hydrogen-bond donors (Lipinski definition) is 1. The smallest absolute Gasteiger partial charge is 0.264 e. The van der Waals surface area contributed by atoms with Gasteiger partial charge in [-0.15, -0.1) is 0 Å². The Hall–Kier alpha value is -2.98. The number of rotatable bonds is 4. The zero-order valence-corrected chi connectivity index (χ0v) is 23.6. The second kappa shape index (κ2) is 9.96. The second-order valence-electron chi connectivity index (χ2n) is 10.9. The molecule has 0 radical (unpaired) electrons. The van der Waals surface area contributed by atoms with E-state index in [-0.39, 0.29) is 46.0 Å². The summed E-state index contributed by atoms with van der Waals surface area (Å²) in [5, 5.41) is 0. The van der Waals surface area contributed by atoms with E-state index in [1.165, 1.54) is 6.07 Å². The molecule has 1 N–H and O–H groups in total. The molecule has 8 nitrogen and oxygen atoms in total. The van der Waals surface area contributed by atoms with Gasteiger partial charge in [-0.1, -0.05) is 44.2 Å². The van der Waals surface area contributed by atoms with Crippen LogP contribution in [-0.4, -0.2) is 44.9 Å². The van der Waals surface area contributed by atoms with Gasteiger partial charge >= 0.3 is 0 Å². The fraction of sp³-hybridized carbons (Fsp3) is 0.429. The molecule has 5 rings (SSSR count). The number of ether oxygens (including phenoxy) is 1. The SMILES string of the molecule is Cc1cccc(C)c1-c1cc2nc(n1)NS(=O)(=O)c1cccc(c1)C(C1CS(=O)(=O)C1)[C@H](CC(C)C)CO2. The molecule has 2 atom stereocenters. The molecule has 2 aromatic carbocycles. The molecule has 10 heteroatoms. The molecule has 4 bridgehead atoms. The molecule has 2 aliphatic rings. The van der Waals surface area contributed by atoms with Crippen LogP contribution in [0.5, 0.6) is 5.88 Å². The van der Waals surface area contributed by atoms with Crippen LogP contribution in [0.25, 0.3) is 11.3 Å². The van der Waals surface area contributed by atoms with E-state index < -0.39 is 19.9 Å². The van der Waals surface area contributed by atoms with E-state index in [0.717, 1.165) is 28.7 Å². The van der Waals surface area contributed by atoms with E-state index >= 15 is 0 Å². The third-order valence-electron chi connectivity index (χ3n) is 7.39. The molecule has 1 saturated heterocycles. The highest BCUT2D eigenvalue weighted by Crippen LogP contribution is 2.42. The monoisotopic (exact) mass is 555 g/mol. The lowest BCUT2D eigenvalue weighted by molar-refractivity contribution is 0.173.